The third kappa shape index (κ3) is 7.14. The van der Waals surface area contributed by atoms with Gasteiger partial charge in [0, 0.05) is 6.54 Å². The minimum Gasteiger partial charge on any atom is -0.480 e. The van der Waals surface area contributed by atoms with Gasteiger partial charge < -0.3 is 15.7 Å². The molecule has 0 spiro atoms. The Balaban J connectivity index is 4.13. The standard InChI is InChI=1S/C13H26N2O3/c1-5-10(6-2)8-14-13(18)15-11(12(16)17)7-9(3)4/h9-11H,5-8H2,1-4H3,(H,16,17)(H2,14,15,18)/t11-/m1/s1. The van der Waals surface area contributed by atoms with Crippen LogP contribution in [-0.2, 0) is 4.79 Å². The lowest BCUT2D eigenvalue weighted by atomic mass is 10.0. The molecule has 18 heavy (non-hydrogen) atoms. The molecule has 0 unspecified atom stereocenters. The van der Waals surface area contributed by atoms with Crippen molar-refractivity contribution < 1.29 is 14.7 Å². The van der Waals surface area contributed by atoms with Gasteiger partial charge in [-0.1, -0.05) is 40.5 Å². The highest BCUT2D eigenvalue weighted by atomic mass is 16.4. The minimum absolute atomic E-state index is 0.227. The number of rotatable bonds is 8. The summed E-state index contributed by atoms with van der Waals surface area (Å²) in [7, 11) is 0. The second kappa shape index (κ2) is 8.78. The van der Waals surface area contributed by atoms with Gasteiger partial charge in [0.1, 0.15) is 6.04 Å². The minimum atomic E-state index is -0.985. The third-order valence-electron chi connectivity index (χ3n) is 3.02. The number of carboxylic acid groups (broad SMARTS) is 1. The Kier molecular flexibility index (Phi) is 8.16. The zero-order chi connectivity index (χ0) is 14.1. The molecule has 5 heteroatoms. The maximum atomic E-state index is 11.6. The predicted octanol–water partition coefficient (Wildman–Crippen LogP) is 2.22. The highest BCUT2D eigenvalue weighted by molar-refractivity contribution is 5.82. The molecule has 0 aliphatic carbocycles. The maximum Gasteiger partial charge on any atom is 0.326 e. The average Bonchev–Trinajstić information content (AvgIpc) is 2.28. The molecular formula is C13H26N2O3. The Hall–Kier alpha value is -1.26. The van der Waals surface area contributed by atoms with Gasteiger partial charge in [-0.25, -0.2) is 9.59 Å². The van der Waals surface area contributed by atoms with E-state index in [1.807, 2.05) is 13.8 Å². The molecule has 0 rings (SSSR count). The summed E-state index contributed by atoms with van der Waals surface area (Å²) in [5.41, 5.74) is 0. The maximum absolute atomic E-state index is 11.6. The highest BCUT2D eigenvalue weighted by Gasteiger charge is 2.21. The molecule has 0 heterocycles. The van der Waals surface area contributed by atoms with Crippen LogP contribution >= 0.6 is 0 Å². The molecule has 0 fully saturated rings. The Morgan fingerprint density at radius 1 is 1.17 bits per heavy atom. The molecule has 2 amide bonds. The fraction of sp³-hybridized carbons (Fsp3) is 0.846. The van der Waals surface area contributed by atoms with E-state index in [1.54, 1.807) is 0 Å². The number of hydrogen-bond acceptors (Lipinski definition) is 2. The number of urea groups is 1. The Morgan fingerprint density at radius 2 is 1.72 bits per heavy atom. The van der Waals surface area contributed by atoms with Gasteiger partial charge in [-0.3, -0.25) is 0 Å². The third-order valence-corrected chi connectivity index (χ3v) is 3.02. The number of hydrogen-bond donors (Lipinski definition) is 3. The summed E-state index contributed by atoms with van der Waals surface area (Å²) in [6.45, 7) is 8.60. The van der Waals surface area contributed by atoms with E-state index in [9.17, 15) is 9.59 Å². The lowest BCUT2D eigenvalue weighted by molar-refractivity contribution is -0.139. The quantitative estimate of drug-likeness (QED) is 0.624. The Labute approximate surface area is 109 Å². The number of carbonyl (C=O) groups excluding carboxylic acids is 1. The summed E-state index contributed by atoms with van der Waals surface area (Å²) in [5.74, 6) is -0.309. The topological polar surface area (TPSA) is 78.4 Å². The van der Waals surface area contributed by atoms with Gasteiger partial charge in [0.05, 0.1) is 0 Å². The molecule has 0 aromatic heterocycles. The van der Waals surface area contributed by atoms with Crippen molar-refractivity contribution in [1.29, 1.82) is 0 Å². The van der Waals surface area contributed by atoms with Crippen molar-refractivity contribution in [2.24, 2.45) is 11.8 Å². The van der Waals surface area contributed by atoms with Gasteiger partial charge in [0.25, 0.3) is 0 Å². The molecule has 5 nitrogen and oxygen atoms in total. The van der Waals surface area contributed by atoms with Crippen molar-refractivity contribution in [3.8, 4) is 0 Å². The monoisotopic (exact) mass is 258 g/mol. The second-order valence-electron chi connectivity index (χ2n) is 5.06. The van der Waals surface area contributed by atoms with Crippen LogP contribution < -0.4 is 10.6 Å². The Bertz CT molecular complexity index is 263. The van der Waals surface area contributed by atoms with Crippen molar-refractivity contribution in [3.63, 3.8) is 0 Å². The van der Waals surface area contributed by atoms with Crippen LogP contribution in [0.4, 0.5) is 4.79 Å². The first-order valence-corrected chi connectivity index (χ1v) is 6.67. The first kappa shape index (κ1) is 16.7. The Morgan fingerprint density at radius 3 is 2.11 bits per heavy atom. The lowest BCUT2D eigenvalue weighted by Crippen LogP contribution is -2.47. The summed E-state index contributed by atoms with van der Waals surface area (Å²) in [5, 5.41) is 14.2. The fourth-order valence-corrected chi connectivity index (χ4v) is 1.72. The van der Waals surface area contributed by atoms with E-state index in [-0.39, 0.29) is 5.92 Å². The van der Waals surface area contributed by atoms with Crippen LogP contribution in [0.2, 0.25) is 0 Å². The summed E-state index contributed by atoms with van der Waals surface area (Å²) in [6.07, 6.45) is 2.45. The van der Waals surface area contributed by atoms with Gasteiger partial charge in [-0.2, -0.15) is 0 Å². The van der Waals surface area contributed by atoms with Gasteiger partial charge in [-0.05, 0) is 18.3 Å². The van der Waals surface area contributed by atoms with Gasteiger partial charge in [0.15, 0.2) is 0 Å². The molecule has 0 aliphatic heterocycles. The predicted molar refractivity (Wildman–Crippen MR) is 71.5 cm³/mol. The van der Waals surface area contributed by atoms with Gasteiger partial charge in [-0.15, -0.1) is 0 Å². The summed E-state index contributed by atoms with van der Waals surface area (Å²) < 4.78 is 0. The van der Waals surface area contributed by atoms with Crippen molar-refractivity contribution in [2.75, 3.05) is 6.54 Å². The average molecular weight is 258 g/mol. The molecule has 0 saturated heterocycles. The number of nitrogens with one attached hydrogen (secondary N) is 2. The molecule has 0 saturated carbocycles. The molecule has 0 radical (unpaired) electrons. The largest absolute Gasteiger partial charge is 0.480 e. The van der Waals surface area contributed by atoms with Gasteiger partial charge >= 0.3 is 12.0 Å². The van der Waals surface area contributed by atoms with E-state index in [1.165, 1.54) is 0 Å². The van der Waals surface area contributed by atoms with Crippen LogP contribution in [0.15, 0.2) is 0 Å². The normalized spacial score (nSPS) is 12.6. The SMILES string of the molecule is CCC(CC)CNC(=O)N[C@H](CC(C)C)C(=O)O. The van der Waals surface area contributed by atoms with Crippen molar-refractivity contribution >= 4 is 12.0 Å². The van der Waals surface area contributed by atoms with Crippen molar-refractivity contribution in [2.45, 2.75) is 53.0 Å². The smallest absolute Gasteiger partial charge is 0.326 e. The lowest BCUT2D eigenvalue weighted by Gasteiger charge is -2.18. The number of carboxylic acids is 1. The summed E-state index contributed by atoms with van der Waals surface area (Å²) in [4.78, 5) is 22.6. The molecule has 3 N–H and O–H groups in total. The van der Waals surface area contributed by atoms with E-state index >= 15 is 0 Å². The molecule has 0 aromatic rings. The zero-order valence-corrected chi connectivity index (χ0v) is 11.8. The number of carbonyl (C=O) groups is 2. The van der Waals surface area contributed by atoms with E-state index in [0.29, 0.717) is 18.9 Å². The first-order chi connectivity index (χ1) is 8.40. The highest BCUT2D eigenvalue weighted by Crippen LogP contribution is 2.06. The van der Waals surface area contributed by atoms with Crippen LogP contribution in [0.3, 0.4) is 0 Å². The second-order valence-corrected chi connectivity index (χ2v) is 5.06. The molecule has 0 aliphatic rings. The number of amides is 2. The van der Waals surface area contributed by atoms with Crippen molar-refractivity contribution in [1.82, 2.24) is 10.6 Å². The van der Waals surface area contributed by atoms with Crippen LogP contribution in [0.1, 0.15) is 47.0 Å². The first-order valence-electron chi connectivity index (χ1n) is 6.67. The summed E-state index contributed by atoms with van der Waals surface area (Å²) >= 11 is 0. The van der Waals surface area contributed by atoms with Crippen LogP contribution in [0, 0.1) is 11.8 Å². The van der Waals surface area contributed by atoms with E-state index in [0.717, 1.165) is 12.8 Å². The molecule has 0 aromatic carbocycles. The molecular weight excluding hydrogens is 232 g/mol. The van der Waals surface area contributed by atoms with Crippen LogP contribution in [0.5, 0.6) is 0 Å². The van der Waals surface area contributed by atoms with E-state index in [4.69, 9.17) is 5.11 Å². The fourth-order valence-electron chi connectivity index (χ4n) is 1.72. The summed E-state index contributed by atoms with van der Waals surface area (Å²) in [6, 6.07) is -1.21. The molecule has 0 bridgehead atoms. The molecule has 106 valence electrons. The van der Waals surface area contributed by atoms with Crippen molar-refractivity contribution in [3.05, 3.63) is 0 Å². The zero-order valence-electron chi connectivity index (χ0n) is 11.8. The number of aliphatic carboxylic acids is 1. The van der Waals surface area contributed by atoms with E-state index < -0.39 is 18.0 Å². The van der Waals surface area contributed by atoms with E-state index in [2.05, 4.69) is 24.5 Å². The van der Waals surface area contributed by atoms with Crippen LogP contribution in [0.25, 0.3) is 0 Å². The van der Waals surface area contributed by atoms with Crippen LogP contribution in [-0.4, -0.2) is 29.7 Å². The molecule has 1 atom stereocenters. The van der Waals surface area contributed by atoms with Gasteiger partial charge in [0.2, 0.25) is 0 Å².